The van der Waals surface area contributed by atoms with Gasteiger partial charge in [0.25, 0.3) is 0 Å². The fourth-order valence-electron chi connectivity index (χ4n) is 2.98. The highest BCUT2D eigenvalue weighted by Crippen LogP contribution is 2.38. The molecule has 0 aromatic heterocycles. The summed E-state index contributed by atoms with van der Waals surface area (Å²) in [7, 11) is 4.70. The maximum absolute atomic E-state index is 13.3. The first-order valence-corrected chi connectivity index (χ1v) is 9.44. The molecule has 2 N–H and O–H groups in total. The predicted molar refractivity (Wildman–Crippen MR) is 115 cm³/mol. The van der Waals surface area contributed by atoms with Crippen molar-refractivity contribution in [2.75, 3.05) is 33.7 Å². The number of benzene rings is 2. The Bertz CT molecular complexity index is 902. The number of nitrogen functional groups attached to an aromatic ring is 1. The third kappa shape index (κ3) is 5.02. The molecule has 156 valence electrons. The van der Waals surface area contributed by atoms with E-state index in [9.17, 15) is 4.79 Å². The van der Waals surface area contributed by atoms with Crippen molar-refractivity contribution in [3.8, 4) is 23.0 Å². The van der Waals surface area contributed by atoms with Gasteiger partial charge in [0.05, 0.1) is 33.6 Å². The first kappa shape index (κ1) is 22.1. The summed E-state index contributed by atoms with van der Waals surface area (Å²) in [4.78, 5) is 13.3. The van der Waals surface area contributed by atoms with Crippen molar-refractivity contribution >= 4 is 17.5 Å². The lowest BCUT2D eigenvalue weighted by Crippen LogP contribution is -2.10. The van der Waals surface area contributed by atoms with Gasteiger partial charge >= 0.3 is 0 Å². The van der Waals surface area contributed by atoms with E-state index in [1.807, 2.05) is 32.9 Å². The molecule has 0 heterocycles. The molecule has 0 aliphatic carbocycles. The second kappa shape index (κ2) is 9.87. The van der Waals surface area contributed by atoms with Crippen LogP contribution in [-0.2, 0) is 0 Å². The minimum Gasteiger partial charge on any atom is -0.497 e. The van der Waals surface area contributed by atoms with Crippen molar-refractivity contribution < 1.29 is 23.7 Å². The van der Waals surface area contributed by atoms with Gasteiger partial charge in [0, 0.05) is 22.8 Å². The van der Waals surface area contributed by atoms with Crippen LogP contribution in [-0.4, -0.2) is 33.7 Å². The Morgan fingerprint density at radius 3 is 2.31 bits per heavy atom. The second-order valence-corrected chi connectivity index (χ2v) is 6.72. The maximum Gasteiger partial charge on any atom is 0.189 e. The molecule has 0 spiro atoms. The van der Waals surface area contributed by atoms with E-state index in [4.69, 9.17) is 24.7 Å². The number of ether oxygens (including phenoxy) is 4. The van der Waals surface area contributed by atoms with Crippen LogP contribution in [0.4, 0.5) is 5.69 Å². The van der Waals surface area contributed by atoms with Gasteiger partial charge in [-0.1, -0.05) is 13.8 Å². The molecule has 0 unspecified atom stereocenters. The quantitative estimate of drug-likeness (QED) is 0.377. The molecule has 0 saturated carbocycles. The molecule has 0 amide bonds. The first-order chi connectivity index (χ1) is 13.9. The van der Waals surface area contributed by atoms with Crippen LogP contribution in [0, 0.1) is 5.92 Å². The van der Waals surface area contributed by atoms with E-state index in [0.29, 0.717) is 52.0 Å². The van der Waals surface area contributed by atoms with Gasteiger partial charge < -0.3 is 24.7 Å². The zero-order chi connectivity index (χ0) is 21.6. The second-order valence-electron chi connectivity index (χ2n) is 6.72. The van der Waals surface area contributed by atoms with Gasteiger partial charge in [-0.15, -0.1) is 0 Å². The molecule has 29 heavy (non-hydrogen) atoms. The summed E-state index contributed by atoms with van der Waals surface area (Å²) in [5, 5.41) is 0. The zero-order valence-corrected chi connectivity index (χ0v) is 17.9. The Kier molecular flexibility index (Phi) is 7.53. The smallest absolute Gasteiger partial charge is 0.189 e. The number of ketones is 1. The van der Waals surface area contributed by atoms with Crippen LogP contribution in [0.25, 0.3) is 6.08 Å². The van der Waals surface area contributed by atoms with Crippen molar-refractivity contribution in [1.82, 2.24) is 0 Å². The highest BCUT2D eigenvalue weighted by atomic mass is 16.5. The van der Waals surface area contributed by atoms with E-state index in [1.165, 1.54) is 0 Å². The number of methoxy groups -OCH3 is 3. The summed E-state index contributed by atoms with van der Waals surface area (Å²) < 4.78 is 21.8. The lowest BCUT2D eigenvalue weighted by molar-refractivity contribution is 0.102. The van der Waals surface area contributed by atoms with Crippen LogP contribution in [0.5, 0.6) is 23.0 Å². The van der Waals surface area contributed by atoms with Gasteiger partial charge in [-0.25, -0.2) is 0 Å². The van der Waals surface area contributed by atoms with Crippen LogP contribution in [0.1, 0.15) is 36.7 Å². The van der Waals surface area contributed by atoms with Gasteiger partial charge in [0.15, 0.2) is 17.3 Å². The summed E-state index contributed by atoms with van der Waals surface area (Å²) in [5.41, 5.74) is 8.26. The highest BCUT2D eigenvalue weighted by Gasteiger charge is 2.20. The molecule has 0 atom stereocenters. The topological polar surface area (TPSA) is 80.0 Å². The van der Waals surface area contributed by atoms with Crippen LogP contribution < -0.4 is 24.7 Å². The zero-order valence-electron chi connectivity index (χ0n) is 17.9. The number of nitrogens with two attached hydrogens (primary N) is 1. The van der Waals surface area contributed by atoms with Gasteiger partial charge in [0.2, 0.25) is 0 Å². The van der Waals surface area contributed by atoms with Gasteiger partial charge in [0.1, 0.15) is 11.5 Å². The van der Waals surface area contributed by atoms with Crippen molar-refractivity contribution in [2.24, 2.45) is 5.92 Å². The van der Waals surface area contributed by atoms with Gasteiger partial charge in [-0.3, -0.25) is 4.79 Å². The first-order valence-electron chi connectivity index (χ1n) is 9.44. The standard InChI is InChI=1S/C23H29NO5/c1-7-29-20-12-15(8-9-19(20)24)22(25)18(14(2)3)11-16-10-17(26-4)13-21(27-5)23(16)28-6/h8-14H,7,24H2,1-6H3. The lowest BCUT2D eigenvalue weighted by Gasteiger charge is -2.16. The number of allylic oxidation sites excluding steroid dienone is 1. The highest BCUT2D eigenvalue weighted by molar-refractivity contribution is 6.12. The summed E-state index contributed by atoms with van der Waals surface area (Å²) >= 11 is 0. The van der Waals surface area contributed by atoms with E-state index in [0.717, 1.165) is 0 Å². The number of hydrogen-bond donors (Lipinski definition) is 1. The average Bonchev–Trinajstić information content (AvgIpc) is 2.72. The normalized spacial score (nSPS) is 11.3. The molecule has 6 nitrogen and oxygen atoms in total. The summed E-state index contributed by atoms with van der Waals surface area (Å²) in [6.07, 6.45) is 1.81. The molecule has 2 aromatic rings. The Morgan fingerprint density at radius 1 is 1.03 bits per heavy atom. The van der Waals surface area contributed by atoms with Crippen LogP contribution in [0.15, 0.2) is 35.9 Å². The minimum atomic E-state index is -0.107. The van der Waals surface area contributed by atoms with Crippen molar-refractivity contribution in [2.45, 2.75) is 20.8 Å². The average molecular weight is 399 g/mol. The molecule has 0 radical (unpaired) electrons. The number of hydrogen-bond acceptors (Lipinski definition) is 6. The molecular formula is C23H29NO5. The summed E-state index contributed by atoms with van der Waals surface area (Å²) in [6, 6.07) is 8.62. The number of carbonyl (C=O) groups is 1. The molecule has 0 bridgehead atoms. The molecule has 0 saturated heterocycles. The lowest BCUT2D eigenvalue weighted by atomic mass is 9.92. The Morgan fingerprint density at radius 2 is 1.76 bits per heavy atom. The van der Waals surface area contributed by atoms with E-state index in [2.05, 4.69) is 0 Å². The van der Waals surface area contributed by atoms with Crippen molar-refractivity contribution in [3.05, 3.63) is 47.0 Å². The molecule has 0 aliphatic rings. The molecule has 2 rings (SSSR count). The monoisotopic (exact) mass is 399 g/mol. The molecular weight excluding hydrogens is 370 g/mol. The summed E-state index contributed by atoms with van der Waals surface area (Å²) in [6.45, 7) is 6.27. The Hall–Kier alpha value is -3.15. The number of anilines is 1. The van der Waals surface area contributed by atoms with E-state index >= 15 is 0 Å². The summed E-state index contributed by atoms with van der Waals surface area (Å²) in [5.74, 6) is 2.03. The van der Waals surface area contributed by atoms with Crippen molar-refractivity contribution in [1.29, 1.82) is 0 Å². The fraction of sp³-hybridized carbons (Fsp3) is 0.348. The maximum atomic E-state index is 13.3. The molecule has 2 aromatic carbocycles. The van der Waals surface area contributed by atoms with Crippen LogP contribution in [0.2, 0.25) is 0 Å². The molecule has 6 heteroatoms. The van der Waals surface area contributed by atoms with Crippen molar-refractivity contribution in [3.63, 3.8) is 0 Å². The SMILES string of the molecule is CCOc1cc(C(=O)C(=Cc2cc(OC)cc(OC)c2OC)C(C)C)ccc1N. The Balaban J connectivity index is 2.59. The number of rotatable bonds is 9. The molecule has 0 aliphatic heterocycles. The van der Waals surface area contributed by atoms with Crippen LogP contribution in [0.3, 0.4) is 0 Å². The van der Waals surface area contributed by atoms with Crippen LogP contribution >= 0.6 is 0 Å². The van der Waals surface area contributed by atoms with E-state index < -0.39 is 0 Å². The third-order valence-electron chi connectivity index (χ3n) is 4.49. The van der Waals surface area contributed by atoms with E-state index in [1.54, 1.807) is 45.6 Å². The van der Waals surface area contributed by atoms with E-state index in [-0.39, 0.29) is 11.7 Å². The minimum absolute atomic E-state index is 0.0301. The van der Waals surface area contributed by atoms with Gasteiger partial charge in [-0.05, 0) is 43.2 Å². The predicted octanol–water partition coefficient (Wildman–Crippen LogP) is 4.62. The molecule has 0 fully saturated rings. The third-order valence-corrected chi connectivity index (χ3v) is 4.49. The fourth-order valence-corrected chi connectivity index (χ4v) is 2.98. The largest absolute Gasteiger partial charge is 0.497 e. The number of carbonyl (C=O) groups excluding carboxylic acids is 1. The number of Topliss-reactive ketones (excluding diaryl/α,β-unsaturated/α-hetero) is 1. The van der Waals surface area contributed by atoms with Gasteiger partial charge in [-0.2, -0.15) is 0 Å². The Labute approximate surface area is 172 Å².